The number of anilines is 1. The molecule has 0 unspecified atom stereocenters. The third-order valence-electron chi connectivity index (χ3n) is 4.45. The molecular weight excluding hydrogens is 423 g/mol. The van der Waals surface area contributed by atoms with Gasteiger partial charge in [0.2, 0.25) is 0 Å². The zero-order valence-electron chi connectivity index (χ0n) is 16.7. The molecule has 1 amide bonds. The van der Waals surface area contributed by atoms with Gasteiger partial charge in [-0.3, -0.25) is 19.5 Å². The van der Waals surface area contributed by atoms with Crippen molar-refractivity contribution in [2.75, 3.05) is 18.4 Å². The van der Waals surface area contributed by atoms with Crippen molar-refractivity contribution in [3.63, 3.8) is 0 Å². The van der Waals surface area contributed by atoms with Crippen molar-refractivity contribution < 1.29 is 22.3 Å². The monoisotopic (exact) mass is 444 g/mol. The van der Waals surface area contributed by atoms with Crippen LogP contribution in [0.1, 0.15) is 15.9 Å². The molecule has 3 rings (SSSR count). The second-order valence-electron chi connectivity index (χ2n) is 6.56. The fraction of sp³-hybridized carbons (Fsp3) is 0.143. The van der Waals surface area contributed by atoms with E-state index >= 15 is 0 Å². The van der Waals surface area contributed by atoms with E-state index in [2.05, 4.69) is 9.71 Å². The first-order valence-corrected chi connectivity index (χ1v) is 10.7. The molecule has 0 saturated carbocycles. The van der Waals surface area contributed by atoms with E-state index in [0.29, 0.717) is 11.3 Å². The number of nitrogens with two attached hydrogens (primary N) is 1. The van der Waals surface area contributed by atoms with Gasteiger partial charge in [-0.1, -0.05) is 30.3 Å². The number of benzene rings is 2. The van der Waals surface area contributed by atoms with Crippen LogP contribution >= 0.6 is 0 Å². The molecule has 3 aromatic rings. The normalized spacial score (nSPS) is 11.1. The minimum absolute atomic E-state index is 0.00137. The number of halogens is 1. The lowest BCUT2D eigenvalue weighted by atomic mass is 10.1. The Morgan fingerprint density at radius 1 is 1.16 bits per heavy atom. The molecule has 2 aromatic carbocycles. The third kappa shape index (κ3) is 5.36. The molecule has 31 heavy (non-hydrogen) atoms. The van der Waals surface area contributed by atoms with Gasteiger partial charge in [-0.15, -0.1) is 0 Å². The number of hydrogen-bond acceptors (Lipinski definition) is 6. The zero-order chi connectivity index (χ0) is 22.4. The first-order chi connectivity index (χ1) is 14.8. The Hall–Kier alpha value is -3.50. The van der Waals surface area contributed by atoms with E-state index in [1.165, 1.54) is 55.9 Å². The van der Waals surface area contributed by atoms with Crippen molar-refractivity contribution in [2.24, 2.45) is 5.84 Å². The summed E-state index contributed by atoms with van der Waals surface area (Å²) in [6.07, 6.45) is 2.92. The lowest BCUT2D eigenvalue weighted by Crippen LogP contribution is -2.39. The number of pyridine rings is 1. The van der Waals surface area contributed by atoms with E-state index < -0.39 is 21.7 Å². The van der Waals surface area contributed by atoms with Crippen LogP contribution in [0.5, 0.6) is 5.75 Å². The van der Waals surface area contributed by atoms with Crippen LogP contribution in [0, 0.1) is 5.82 Å². The fourth-order valence-electron chi connectivity index (χ4n) is 2.87. The van der Waals surface area contributed by atoms with Gasteiger partial charge in [0.25, 0.3) is 15.9 Å². The Morgan fingerprint density at radius 3 is 2.61 bits per heavy atom. The maximum Gasteiger partial charge on any atom is 0.269 e. The lowest BCUT2D eigenvalue weighted by molar-refractivity contribution is 0.0753. The van der Waals surface area contributed by atoms with Gasteiger partial charge in [-0.25, -0.2) is 18.7 Å². The zero-order valence-corrected chi connectivity index (χ0v) is 17.5. The van der Waals surface area contributed by atoms with Crippen molar-refractivity contribution in [1.82, 2.24) is 9.99 Å². The van der Waals surface area contributed by atoms with E-state index in [9.17, 15) is 17.6 Å². The average molecular weight is 444 g/mol. The van der Waals surface area contributed by atoms with Crippen LogP contribution in [-0.2, 0) is 16.4 Å². The highest BCUT2D eigenvalue weighted by Crippen LogP contribution is 2.22. The first kappa shape index (κ1) is 22.2. The molecule has 0 bridgehead atoms. The number of aromatic nitrogens is 1. The molecule has 0 spiro atoms. The summed E-state index contributed by atoms with van der Waals surface area (Å²) in [4.78, 5) is 16.5. The summed E-state index contributed by atoms with van der Waals surface area (Å²) in [6, 6.07) is 13.3. The fourth-order valence-corrected chi connectivity index (χ4v) is 4.11. The van der Waals surface area contributed by atoms with Crippen LogP contribution in [0.4, 0.5) is 10.1 Å². The molecule has 162 valence electrons. The molecular formula is C21H21FN4O4S. The maximum atomic E-state index is 13.8. The largest absolute Gasteiger partial charge is 0.495 e. The Balaban J connectivity index is 1.81. The Bertz CT molecular complexity index is 1190. The van der Waals surface area contributed by atoms with E-state index in [0.717, 1.165) is 5.01 Å². The Labute approximate surface area is 179 Å². The van der Waals surface area contributed by atoms with Crippen LogP contribution in [0.2, 0.25) is 0 Å². The highest BCUT2D eigenvalue weighted by Gasteiger charge is 2.25. The number of ether oxygens (including phenoxy) is 1. The van der Waals surface area contributed by atoms with Gasteiger partial charge in [0, 0.05) is 12.6 Å². The molecule has 8 nitrogen and oxygen atoms in total. The Morgan fingerprint density at radius 2 is 1.87 bits per heavy atom. The topological polar surface area (TPSA) is 115 Å². The third-order valence-corrected chi connectivity index (χ3v) is 5.89. The second-order valence-corrected chi connectivity index (χ2v) is 8.21. The standard InChI is InChI=1S/C21H21FN4O4S/c1-30-17-12-16(13-24-14-17)25-31(28,29)20-9-5-3-7-18(20)21(27)26(23)11-10-15-6-2-4-8-19(15)22/h2-9,12-14,25H,10-11,23H2,1H3. The highest BCUT2D eigenvalue weighted by molar-refractivity contribution is 7.92. The number of hydrazine groups is 1. The number of nitrogens with one attached hydrogen (secondary N) is 1. The minimum atomic E-state index is -4.13. The van der Waals surface area contributed by atoms with Crippen molar-refractivity contribution in [3.05, 3.63) is 83.9 Å². The minimum Gasteiger partial charge on any atom is -0.495 e. The highest BCUT2D eigenvalue weighted by atomic mass is 32.2. The van der Waals surface area contributed by atoms with Crippen molar-refractivity contribution in [2.45, 2.75) is 11.3 Å². The second kappa shape index (κ2) is 9.54. The number of sulfonamides is 1. The van der Waals surface area contributed by atoms with Crippen LogP contribution in [0.15, 0.2) is 71.9 Å². The molecule has 0 aliphatic rings. The van der Waals surface area contributed by atoms with E-state index in [-0.39, 0.29) is 29.1 Å². The van der Waals surface area contributed by atoms with Gasteiger partial charge in [0.05, 0.1) is 30.8 Å². The molecule has 0 fully saturated rings. The Kier molecular flexibility index (Phi) is 6.83. The number of carbonyl (C=O) groups excluding carboxylic acids is 1. The predicted molar refractivity (Wildman–Crippen MR) is 113 cm³/mol. The van der Waals surface area contributed by atoms with E-state index in [1.807, 2.05) is 0 Å². The van der Waals surface area contributed by atoms with E-state index in [4.69, 9.17) is 10.6 Å². The van der Waals surface area contributed by atoms with Crippen molar-refractivity contribution in [3.8, 4) is 5.75 Å². The lowest BCUT2D eigenvalue weighted by Gasteiger charge is -2.19. The summed E-state index contributed by atoms with van der Waals surface area (Å²) in [5.41, 5.74) is 0.464. The summed E-state index contributed by atoms with van der Waals surface area (Å²) in [5.74, 6) is 5.13. The molecule has 10 heteroatoms. The maximum absolute atomic E-state index is 13.8. The van der Waals surface area contributed by atoms with Crippen molar-refractivity contribution in [1.29, 1.82) is 0 Å². The summed E-state index contributed by atoms with van der Waals surface area (Å²) in [6.45, 7) is 0.00137. The number of amides is 1. The molecule has 0 aliphatic carbocycles. The number of nitrogens with zero attached hydrogens (tertiary/aromatic N) is 2. The quantitative estimate of drug-likeness (QED) is 0.314. The number of carbonyl (C=O) groups is 1. The first-order valence-electron chi connectivity index (χ1n) is 9.22. The van der Waals surface area contributed by atoms with Gasteiger partial charge in [0.1, 0.15) is 16.5 Å². The summed E-state index contributed by atoms with van der Waals surface area (Å²) >= 11 is 0. The molecule has 0 saturated heterocycles. The summed E-state index contributed by atoms with van der Waals surface area (Å²) < 4.78 is 47.1. The number of methoxy groups -OCH3 is 1. The number of hydrogen-bond donors (Lipinski definition) is 2. The molecule has 1 aromatic heterocycles. The van der Waals surface area contributed by atoms with Gasteiger partial charge in [-0.2, -0.15) is 0 Å². The molecule has 3 N–H and O–H groups in total. The molecule has 1 heterocycles. The van der Waals surface area contributed by atoms with Crippen molar-refractivity contribution >= 4 is 21.6 Å². The SMILES string of the molecule is COc1cncc(NS(=O)(=O)c2ccccc2C(=O)N(N)CCc2ccccc2F)c1. The van der Waals surface area contributed by atoms with E-state index in [1.54, 1.807) is 18.2 Å². The van der Waals surface area contributed by atoms with Gasteiger partial charge in [0.15, 0.2) is 0 Å². The van der Waals surface area contributed by atoms with Crippen LogP contribution in [0.25, 0.3) is 0 Å². The van der Waals surface area contributed by atoms with Gasteiger partial charge in [-0.05, 0) is 30.2 Å². The number of rotatable bonds is 8. The molecule has 0 radical (unpaired) electrons. The summed E-state index contributed by atoms with van der Waals surface area (Å²) in [7, 11) is -2.70. The molecule has 0 aliphatic heterocycles. The van der Waals surface area contributed by atoms with Gasteiger partial charge >= 0.3 is 0 Å². The van der Waals surface area contributed by atoms with Crippen LogP contribution in [-0.4, -0.2) is 38.0 Å². The molecule has 0 atom stereocenters. The smallest absolute Gasteiger partial charge is 0.269 e. The summed E-state index contributed by atoms with van der Waals surface area (Å²) in [5, 5.41) is 0.869. The average Bonchev–Trinajstić information content (AvgIpc) is 2.77. The predicted octanol–water partition coefficient (Wildman–Crippen LogP) is 2.59. The van der Waals surface area contributed by atoms with Crippen LogP contribution in [0.3, 0.4) is 0 Å². The van der Waals surface area contributed by atoms with Crippen LogP contribution < -0.4 is 15.3 Å². The van der Waals surface area contributed by atoms with Gasteiger partial charge < -0.3 is 4.74 Å².